The molecule has 2 aromatic heterocycles. The molecule has 3 heterocycles. The molecule has 6 nitrogen and oxygen atoms in total. The molecule has 0 saturated carbocycles. The van der Waals surface area contributed by atoms with Crippen molar-refractivity contribution in [2.75, 3.05) is 13.1 Å². The largest absolute Gasteiger partial charge is 0.458 e. The van der Waals surface area contributed by atoms with E-state index >= 15 is 0 Å². The summed E-state index contributed by atoms with van der Waals surface area (Å²) in [5.74, 6) is -0.145. The molecule has 0 bridgehead atoms. The molecule has 10 heteroatoms. The fraction of sp³-hybridized carbons (Fsp3) is 0.333. The first-order valence-electron chi connectivity index (χ1n) is 8.59. The van der Waals surface area contributed by atoms with E-state index in [0.717, 1.165) is 22.5 Å². The standard InChI is InChI=1S/C18H15F3N4O2S/c19-18(20,21)15-5-6-22-17(24-15)27-12-2-1-7-25(9-12)16(26)11-3-4-13-14(8-11)28-10-23-13/h3-6,8,10,12H,1-2,7,9H2. The van der Waals surface area contributed by atoms with Crippen molar-refractivity contribution in [3.63, 3.8) is 0 Å². The Morgan fingerprint density at radius 1 is 1.25 bits per heavy atom. The molecule has 28 heavy (non-hydrogen) atoms. The number of aromatic nitrogens is 3. The number of amides is 1. The maximum absolute atomic E-state index is 12.8. The highest BCUT2D eigenvalue weighted by atomic mass is 32.1. The minimum Gasteiger partial charge on any atom is -0.458 e. The van der Waals surface area contributed by atoms with Gasteiger partial charge in [-0.1, -0.05) is 0 Å². The smallest absolute Gasteiger partial charge is 0.433 e. The lowest BCUT2D eigenvalue weighted by Gasteiger charge is -2.32. The van der Waals surface area contributed by atoms with Crippen LogP contribution in [0.25, 0.3) is 10.2 Å². The van der Waals surface area contributed by atoms with Crippen molar-refractivity contribution in [3.8, 4) is 6.01 Å². The molecule has 146 valence electrons. The van der Waals surface area contributed by atoms with Crippen LogP contribution in [-0.4, -0.2) is 45.0 Å². The van der Waals surface area contributed by atoms with Crippen molar-refractivity contribution in [2.24, 2.45) is 0 Å². The number of carbonyl (C=O) groups excluding carboxylic acids is 1. The van der Waals surface area contributed by atoms with E-state index in [2.05, 4.69) is 15.0 Å². The molecular formula is C18H15F3N4O2S. The summed E-state index contributed by atoms with van der Waals surface area (Å²) in [6.45, 7) is 0.821. The number of hydrogen-bond donors (Lipinski definition) is 0. The lowest BCUT2D eigenvalue weighted by Crippen LogP contribution is -2.44. The SMILES string of the molecule is O=C(c1ccc2ncsc2c1)N1CCCC(Oc2nccc(C(F)(F)F)n2)C1. The molecule has 4 rings (SSSR count). The number of hydrogen-bond acceptors (Lipinski definition) is 6. The van der Waals surface area contributed by atoms with Gasteiger partial charge in [-0.3, -0.25) is 4.79 Å². The maximum Gasteiger partial charge on any atom is 0.433 e. The number of likely N-dealkylation sites (tertiary alicyclic amines) is 1. The van der Waals surface area contributed by atoms with Gasteiger partial charge in [0.1, 0.15) is 6.10 Å². The fourth-order valence-electron chi connectivity index (χ4n) is 3.09. The summed E-state index contributed by atoms with van der Waals surface area (Å²) in [6.07, 6.45) is -2.73. The van der Waals surface area contributed by atoms with Gasteiger partial charge in [0.25, 0.3) is 5.91 Å². The maximum atomic E-state index is 12.8. The number of benzene rings is 1. The van der Waals surface area contributed by atoms with Crippen LogP contribution in [0.15, 0.2) is 36.0 Å². The molecular weight excluding hydrogens is 393 g/mol. The van der Waals surface area contributed by atoms with Crippen LogP contribution in [0.3, 0.4) is 0 Å². The predicted molar refractivity (Wildman–Crippen MR) is 96.2 cm³/mol. The summed E-state index contributed by atoms with van der Waals surface area (Å²) < 4.78 is 44.8. The number of ether oxygens (including phenoxy) is 1. The number of piperidine rings is 1. The Morgan fingerprint density at radius 3 is 2.93 bits per heavy atom. The third kappa shape index (κ3) is 3.91. The van der Waals surface area contributed by atoms with Gasteiger partial charge >= 0.3 is 12.2 Å². The number of rotatable bonds is 3. The molecule has 1 aliphatic rings. The first-order chi connectivity index (χ1) is 13.4. The molecule has 0 aliphatic carbocycles. The molecule has 3 aromatic rings. The number of halogens is 3. The van der Waals surface area contributed by atoms with Crippen molar-refractivity contribution in [2.45, 2.75) is 25.1 Å². The number of alkyl halides is 3. The second-order valence-electron chi connectivity index (χ2n) is 6.39. The number of carbonyl (C=O) groups is 1. The Hall–Kier alpha value is -2.75. The van der Waals surface area contributed by atoms with Crippen molar-refractivity contribution in [1.29, 1.82) is 0 Å². The van der Waals surface area contributed by atoms with Crippen molar-refractivity contribution in [1.82, 2.24) is 19.9 Å². The Labute approximate surface area is 162 Å². The molecule has 1 aromatic carbocycles. The third-order valence-electron chi connectivity index (χ3n) is 4.44. The lowest BCUT2D eigenvalue weighted by atomic mass is 10.1. The molecule has 1 amide bonds. The highest BCUT2D eigenvalue weighted by molar-refractivity contribution is 7.16. The Bertz CT molecular complexity index is 1010. The van der Waals surface area contributed by atoms with Crippen LogP contribution < -0.4 is 4.74 Å². The Kier molecular flexibility index (Phi) is 4.88. The van der Waals surface area contributed by atoms with Crippen LogP contribution >= 0.6 is 11.3 Å². The topological polar surface area (TPSA) is 68.2 Å². The first-order valence-corrected chi connectivity index (χ1v) is 9.47. The van der Waals surface area contributed by atoms with Gasteiger partial charge in [-0.2, -0.15) is 18.2 Å². The number of thiazole rings is 1. The van der Waals surface area contributed by atoms with Crippen LogP contribution in [0.4, 0.5) is 13.2 Å². The molecule has 1 aliphatic heterocycles. The van der Waals surface area contributed by atoms with E-state index in [0.29, 0.717) is 24.9 Å². The minimum absolute atomic E-state index is 0.145. The normalized spacial score (nSPS) is 17.7. The number of nitrogens with zero attached hydrogens (tertiary/aromatic N) is 4. The summed E-state index contributed by atoms with van der Waals surface area (Å²) >= 11 is 1.46. The van der Waals surface area contributed by atoms with Gasteiger partial charge in [0.2, 0.25) is 0 Å². The monoisotopic (exact) mass is 408 g/mol. The molecule has 0 radical (unpaired) electrons. The third-order valence-corrected chi connectivity index (χ3v) is 5.23. The summed E-state index contributed by atoms with van der Waals surface area (Å²) in [6, 6.07) is 5.79. The fourth-order valence-corrected chi connectivity index (χ4v) is 3.81. The van der Waals surface area contributed by atoms with Gasteiger partial charge in [0, 0.05) is 18.3 Å². The summed E-state index contributed by atoms with van der Waals surface area (Å²) in [4.78, 5) is 25.8. The average molecular weight is 408 g/mol. The first kappa shape index (κ1) is 18.6. The van der Waals surface area contributed by atoms with E-state index in [4.69, 9.17) is 4.74 Å². The molecule has 1 fully saturated rings. The van der Waals surface area contributed by atoms with E-state index in [1.54, 1.807) is 28.6 Å². The highest BCUT2D eigenvalue weighted by Crippen LogP contribution is 2.28. The number of fused-ring (bicyclic) bond motifs is 1. The second-order valence-corrected chi connectivity index (χ2v) is 7.28. The van der Waals surface area contributed by atoms with Gasteiger partial charge in [0.05, 0.1) is 22.3 Å². The van der Waals surface area contributed by atoms with Gasteiger partial charge in [-0.05, 0) is 37.1 Å². The molecule has 0 N–H and O–H groups in total. The van der Waals surface area contributed by atoms with Gasteiger partial charge in [0.15, 0.2) is 5.69 Å². The van der Waals surface area contributed by atoms with Gasteiger partial charge in [-0.25, -0.2) is 9.97 Å². The molecule has 1 saturated heterocycles. The minimum atomic E-state index is -4.56. The van der Waals surface area contributed by atoms with Gasteiger partial charge in [-0.15, -0.1) is 11.3 Å². The van der Waals surface area contributed by atoms with E-state index in [1.807, 2.05) is 0 Å². The Morgan fingerprint density at radius 2 is 2.11 bits per heavy atom. The molecule has 1 unspecified atom stereocenters. The van der Waals surface area contributed by atoms with Crippen molar-refractivity contribution >= 4 is 27.5 Å². The quantitative estimate of drug-likeness (QED) is 0.660. The van der Waals surface area contributed by atoms with E-state index in [9.17, 15) is 18.0 Å². The molecule has 1 atom stereocenters. The van der Waals surface area contributed by atoms with E-state index in [1.165, 1.54) is 11.3 Å². The van der Waals surface area contributed by atoms with Crippen LogP contribution in [-0.2, 0) is 6.18 Å². The van der Waals surface area contributed by atoms with Gasteiger partial charge < -0.3 is 9.64 Å². The highest BCUT2D eigenvalue weighted by Gasteiger charge is 2.33. The zero-order chi connectivity index (χ0) is 19.7. The Balaban J connectivity index is 1.46. The summed E-state index contributed by atoms with van der Waals surface area (Å²) in [7, 11) is 0. The lowest BCUT2D eigenvalue weighted by molar-refractivity contribution is -0.141. The van der Waals surface area contributed by atoms with Crippen molar-refractivity contribution < 1.29 is 22.7 Å². The van der Waals surface area contributed by atoms with Crippen LogP contribution in [0.5, 0.6) is 6.01 Å². The van der Waals surface area contributed by atoms with Crippen LogP contribution in [0.1, 0.15) is 28.9 Å². The van der Waals surface area contributed by atoms with Crippen LogP contribution in [0.2, 0.25) is 0 Å². The van der Waals surface area contributed by atoms with Crippen LogP contribution in [0, 0.1) is 0 Å². The molecule has 0 spiro atoms. The van der Waals surface area contributed by atoms with Crippen molar-refractivity contribution in [3.05, 3.63) is 47.2 Å². The second kappa shape index (κ2) is 7.34. The van der Waals surface area contributed by atoms with E-state index < -0.39 is 18.0 Å². The zero-order valence-corrected chi connectivity index (χ0v) is 15.3. The zero-order valence-electron chi connectivity index (χ0n) is 14.5. The summed E-state index contributed by atoms with van der Waals surface area (Å²) in [5, 5.41) is 0. The summed E-state index contributed by atoms with van der Waals surface area (Å²) in [5.41, 5.74) is 2.05. The average Bonchev–Trinajstić information content (AvgIpc) is 3.15. The van der Waals surface area contributed by atoms with E-state index in [-0.39, 0.29) is 18.5 Å². The predicted octanol–water partition coefficient (Wildman–Crippen LogP) is 3.79.